The van der Waals surface area contributed by atoms with Crippen molar-refractivity contribution in [3.63, 3.8) is 0 Å². The molecule has 3 rings (SSSR count). The number of carbonyl (C=O) groups excluding carboxylic acids is 6. The van der Waals surface area contributed by atoms with Gasteiger partial charge in [0.2, 0.25) is 17.7 Å². The Morgan fingerprint density at radius 1 is 0.672 bits per heavy atom. The lowest BCUT2D eigenvalue weighted by Crippen LogP contribution is -2.39. The fourth-order valence-corrected chi connectivity index (χ4v) is 6.47. The Hall–Kier alpha value is -4.90. The number of nitrogens with zero attached hydrogens (tertiary/aromatic N) is 2. The molecule has 1 fully saturated rings. The second-order valence-corrected chi connectivity index (χ2v) is 15.7. The van der Waals surface area contributed by atoms with Crippen molar-refractivity contribution < 1.29 is 71.4 Å². The summed E-state index contributed by atoms with van der Waals surface area (Å²) in [7, 11) is -9.45. The standard InChI is InChI=1S/C37H50N4O15P2/c1-27-11-20-36(46)41(27)54-37(47)10-3-2-4-21-38-33(43)8-5-9-35(45)40(23-6-7-30(42)25-28-12-16-31(17-13-28)55-57(48,49)50)24-22-39-34(44)26-29-14-18-32(19-15-29)56-58(51,52)53/h12-19H,1-11,20-26H2,(H,38,43)(H,39,44)(H2,48,49,50)(H2,51,52,53). The first-order valence-corrected chi connectivity index (χ1v) is 21.7. The molecule has 2 aromatic carbocycles. The number of ketones is 1. The van der Waals surface area contributed by atoms with Crippen molar-refractivity contribution in [1.29, 1.82) is 0 Å². The summed E-state index contributed by atoms with van der Waals surface area (Å²) in [6.07, 6.45) is 3.39. The van der Waals surface area contributed by atoms with E-state index < -0.39 is 21.6 Å². The zero-order chi connectivity index (χ0) is 42.7. The van der Waals surface area contributed by atoms with Crippen LogP contribution in [-0.2, 0) is 55.6 Å². The Bertz CT molecular complexity index is 1740. The van der Waals surface area contributed by atoms with Crippen LogP contribution in [0.5, 0.6) is 11.5 Å². The Kier molecular flexibility index (Phi) is 19.2. The lowest BCUT2D eigenvalue weighted by atomic mass is 10.1. The van der Waals surface area contributed by atoms with E-state index in [9.17, 15) is 37.9 Å². The highest BCUT2D eigenvalue weighted by atomic mass is 31.2. The number of hydrogen-bond donors (Lipinski definition) is 6. The Balaban J connectivity index is 1.41. The van der Waals surface area contributed by atoms with Crippen molar-refractivity contribution in [1.82, 2.24) is 20.6 Å². The van der Waals surface area contributed by atoms with Gasteiger partial charge in [-0.2, -0.15) is 0 Å². The number of Topliss-reactive ketones (excluding diaryl/α,β-unsaturated/α-hetero) is 1. The Morgan fingerprint density at radius 2 is 1.26 bits per heavy atom. The molecular formula is C37H50N4O15P2. The zero-order valence-corrected chi connectivity index (χ0v) is 33.7. The molecule has 0 unspecified atom stereocenters. The topological polar surface area (TPSA) is 276 Å². The number of benzene rings is 2. The number of hydroxylamine groups is 2. The molecule has 1 saturated heterocycles. The van der Waals surface area contributed by atoms with E-state index in [2.05, 4.69) is 26.3 Å². The fraction of sp³-hybridized carbons (Fsp3) is 0.459. The number of carbonyl (C=O) groups is 6. The van der Waals surface area contributed by atoms with Crippen molar-refractivity contribution in [3.05, 3.63) is 71.9 Å². The number of phosphoric ester groups is 2. The number of rotatable bonds is 26. The van der Waals surface area contributed by atoms with Crippen molar-refractivity contribution in [2.24, 2.45) is 0 Å². The SMILES string of the molecule is C=C1CCC(=O)N1OC(=O)CCCCCNC(=O)CCCC(=O)N(CCCC(=O)Cc1ccc(OP(=O)(O)O)cc1)CCNC(=O)Cc1ccc(OP(=O)(O)O)cc1. The maximum Gasteiger partial charge on any atom is 0.524 e. The number of amides is 4. The molecule has 0 spiro atoms. The van der Waals surface area contributed by atoms with Crippen LogP contribution >= 0.6 is 15.6 Å². The highest BCUT2D eigenvalue weighted by Gasteiger charge is 2.28. The molecule has 2 aromatic rings. The molecule has 1 heterocycles. The maximum atomic E-state index is 13.2. The molecule has 0 radical (unpaired) electrons. The van der Waals surface area contributed by atoms with Crippen LogP contribution in [0.3, 0.4) is 0 Å². The first kappa shape index (κ1) is 47.5. The third kappa shape index (κ3) is 19.5. The van der Waals surface area contributed by atoms with E-state index in [-0.39, 0.29) is 112 Å². The molecule has 4 amide bonds. The predicted molar refractivity (Wildman–Crippen MR) is 206 cm³/mol. The van der Waals surface area contributed by atoms with Crippen molar-refractivity contribution in [3.8, 4) is 11.5 Å². The zero-order valence-electron chi connectivity index (χ0n) is 31.9. The van der Waals surface area contributed by atoms with Gasteiger partial charge in [-0.25, -0.2) is 13.9 Å². The van der Waals surface area contributed by atoms with E-state index in [4.69, 9.17) is 24.4 Å². The van der Waals surface area contributed by atoms with Crippen molar-refractivity contribution in [2.75, 3.05) is 26.2 Å². The maximum absolute atomic E-state index is 13.2. The first-order chi connectivity index (χ1) is 27.4. The summed E-state index contributed by atoms with van der Waals surface area (Å²) in [5.74, 6) is -1.97. The number of phosphoric acid groups is 2. The van der Waals surface area contributed by atoms with E-state index in [1.807, 2.05) is 0 Å². The van der Waals surface area contributed by atoms with Crippen LogP contribution in [0.1, 0.15) is 81.8 Å². The normalized spacial score (nSPS) is 12.9. The van der Waals surface area contributed by atoms with Crippen LogP contribution in [0.25, 0.3) is 0 Å². The molecule has 58 heavy (non-hydrogen) atoms. The summed E-state index contributed by atoms with van der Waals surface area (Å²) in [4.78, 5) is 117. The molecule has 0 bridgehead atoms. The van der Waals surface area contributed by atoms with Gasteiger partial charge in [0, 0.05) is 64.7 Å². The summed E-state index contributed by atoms with van der Waals surface area (Å²) < 4.78 is 31.1. The smallest absolute Gasteiger partial charge is 0.404 e. The van der Waals surface area contributed by atoms with Gasteiger partial charge in [-0.3, -0.25) is 43.5 Å². The third-order valence-corrected chi connectivity index (χ3v) is 9.41. The minimum atomic E-state index is -4.73. The van der Waals surface area contributed by atoms with Gasteiger partial charge in [-0.1, -0.05) is 37.3 Å². The molecule has 0 aromatic heterocycles. The lowest BCUT2D eigenvalue weighted by molar-refractivity contribution is -0.186. The summed E-state index contributed by atoms with van der Waals surface area (Å²) in [6, 6.07) is 11.3. The van der Waals surface area contributed by atoms with Gasteiger partial charge in [0.25, 0.3) is 5.91 Å². The Morgan fingerprint density at radius 3 is 1.83 bits per heavy atom. The molecule has 0 atom stereocenters. The molecule has 6 N–H and O–H groups in total. The van der Waals surface area contributed by atoms with Crippen LogP contribution in [0.2, 0.25) is 0 Å². The van der Waals surface area contributed by atoms with Crippen molar-refractivity contribution in [2.45, 2.75) is 83.5 Å². The molecule has 0 aliphatic carbocycles. The molecule has 318 valence electrons. The molecule has 1 aliphatic heterocycles. The van der Waals surface area contributed by atoms with E-state index in [0.717, 1.165) is 5.06 Å². The average molecular weight is 853 g/mol. The van der Waals surface area contributed by atoms with E-state index >= 15 is 0 Å². The van der Waals surface area contributed by atoms with Gasteiger partial charge < -0.3 is 29.4 Å². The highest BCUT2D eigenvalue weighted by molar-refractivity contribution is 7.47. The summed E-state index contributed by atoms with van der Waals surface area (Å²) in [6.45, 7) is 4.48. The van der Waals surface area contributed by atoms with Crippen molar-refractivity contribution >= 4 is 51.0 Å². The molecule has 1 aliphatic rings. The predicted octanol–water partition coefficient (Wildman–Crippen LogP) is 3.15. The number of unbranched alkanes of at least 4 members (excludes halogenated alkanes) is 2. The summed E-state index contributed by atoms with van der Waals surface area (Å²) >= 11 is 0. The van der Waals surface area contributed by atoms with Crippen LogP contribution < -0.4 is 19.7 Å². The quantitative estimate of drug-likeness (QED) is 0.0586. The Labute approximate surface area is 335 Å². The van der Waals surface area contributed by atoms with Gasteiger partial charge in [0.15, 0.2) is 0 Å². The summed E-state index contributed by atoms with van der Waals surface area (Å²) in [5.41, 5.74) is 1.60. The fourth-order valence-electron chi connectivity index (χ4n) is 5.67. The van der Waals surface area contributed by atoms with Crippen LogP contribution in [-0.4, -0.2) is 91.1 Å². The summed E-state index contributed by atoms with van der Waals surface area (Å²) in [5, 5.41) is 6.47. The number of nitrogens with one attached hydrogen (secondary N) is 2. The van der Waals surface area contributed by atoms with Gasteiger partial charge in [0.1, 0.15) is 17.3 Å². The third-order valence-electron chi connectivity index (χ3n) is 8.51. The second-order valence-electron chi connectivity index (χ2n) is 13.4. The average Bonchev–Trinajstić information content (AvgIpc) is 3.44. The monoisotopic (exact) mass is 852 g/mol. The van der Waals surface area contributed by atoms with Gasteiger partial charge in [0.05, 0.1) is 12.1 Å². The van der Waals surface area contributed by atoms with Crippen LogP contribution in [0.4, 0.5) is 0 Å². The lowest BCUT2D eigenvalue weighted by Gasteiger charge is -2.23. The molecular weight excluding hydrogens is 802 g/mol. The number of hydrogen-bond acceptors (Lipinski definition) is 11. The second kappa shape index (κ2) is 23.5. The molecule has 19 nitrogen and oxygen atoms in total. The van der Waals surface area contributed by atoms with Gasteiger partial charge in [-0.05, 0) is 67.5 Å². The minimum Gasteiger partial charge on any atom is -0.404 e. The van der Waals surface area contributed by atoms with Crippen LogP contribution in [0.15, 0.2) is 60.8 Å². The largest absolute Gasteiger partial charge is 0.524 e. The highest BCUT2D eigenvalue weighted by Crippen LogP contribution is 2.38. The first-order valence-electron chi connectivity index (χ1n) is 18.6. The van der Waals surface area contributed by atoms with Gasteiger partial charge in [-0.15, -0.1) is 5.06 Å². The van der Waals surface area contributed by atoms with Gasteiger partial charge >= 0.3 is 21.6 Å². The molecule has 0 saturated carbocycles. The molecule has 21 heteroatoms. The van der Waals surface area contributed by atoms with E-state index in [0.29, 0.717) is 55.5 Å². The number of allylic oxidation sites excluding steroid dienone is 1. The van der Waals surface area contributed by atoms with Crippen LogP contribution in [0, 0.1) is 0 Å². The van der Waals surface area contributed by atoms with E-state index in [1.165, 1.54) is 53.4 Å². The van der Waals surface area contributed by atoms with E-state index in [1.54, 1.807) is 0 Å². The minimum absolute atomic E-state index is 0.0371.